The third-order valence-corrected chi connectivity index (χ3v) is 2.38. The summed E-state index contributed by atoms with van der Waals surface area (Å²) in [5, 5.41) is 3.23. The summed E-state index contributed by atoms with van der Waals surface area (Å²) in [6.45, 7) is 5.74. The molecule has 4 heteroatoms. The highest BCUT2D eigenvalue weighted by Crippen LogP contribution is 2.19. The molecule has 16 heavy (non-hydrogen) atoms. The number of hydrogen-bond acceptors (Lipinski definition) is 4. The zero-order valence-corrected chi connectivity index (χ0v) is 9.53. The lowest BCUT2D eigenvalue weighted by Gasteiger charge is -2.02. The average Bonchev–Trinajstić information content (AvgIpc) is 2.74. The Hall–Kier alpha value is -1.68. The Morgan fingerprint density at radius 2 is 2.06 bits per heavy atom. The largest absolute Gasteiger partial charge is 0.469 e. The van der Waals surface area contributed by atoms with Gasteiger partial charge in [-0.15, -0.1) is 0 Å². The number of nitrogens with zero attached hydrogens (tertiary/aromatic N) is 2. The SMILES string of the molecule is CCNCc1cnc(-c2ccoc2C)nc1. The predicted octanol–water partition coefficient (Wildman–Crippen LogP) is 2.15. The van der Waals surface area contributed by atoms with Crippen molar-refractivity contribution in [2.24, 2.45) is 0 Å². The summed E-state index contributed by atoms with van der Waals surface area (Å²) < 4.78 is 5.22. The summed E-state index contributed by atoms with van der Waals surface area (Å²) in [6.07, 6.45) is 5.34. The highest BCUT2D eigenvalue weighted by molar-refractivity contribution is 5.56. The molecule has 0 bridgehead atoms. The molecule has 2 rings (SSSR count). The van der Waals surface area contributed by atoms with Gasteiger partial charge in [0.15, 0.2) is 5.82 Å². The van der Waals surface area contributed by atoms with E-state index in [0.717, 1.165) is 30.0 Å². The van der Waals surface area contributed by atoms with Crippen molar-refractivity contribution in [1.82, 2.24) is 15.3 Å². The maximum Gasteiger partial charge on any atom is 0.162 e. The van der Waals surface area contributed by atoms with Crippen LogP contribution in [-0.4, -0.2) is 16.5 Å². The van der Waals surface area contributed by atoms with E-state index in [0.29, 0.717) is 5.82 Å². The maximum absolute atomic E-state index is 5.22. The van der Waals surface area contributed by atoms with E-state index >= 15 is 0 Å². The summed E-state index contributed by atoms with van der Waals surface area (Å²) in [4.78, 5) is 8.65. The Labute approximate surface area is 94.7 Å². The van der Waals surface area contributed by atoms with E-state index in [2.05, 4.69) is 22.2 Å². The lowest BCUT2D eigenvalue weighted by molar-refractivity contribution is 0.535. The first-order valence-corrected chi connectivity index (χ1v) is 5.37. The van der Waals surface area contributed by atoms with Gasteiger partial charge < -0.3 is 9.73 Å². The molecule has 0 amide bonds. The van der Waals surface area contributed by atoms with Gasteiger partial charge >= 0.3 is 0 Å². The first-order valence-electron chi connectivity index (χ1n) is 5.37. The van der Waals surface area contributed by atoms with Gasteiger partial charge in [-0.05, 0) is 19.5 Å². The summed E-state index contributed by atoms with van der Waals surface area (Å²) in [6, 6.07) is 1.88. The fourth-order valence-corrected chi connectivity index (χ4v) is 1.47. The van der Waals surface area contributed by atoms with E-state index in [1.807, 2.05) is 25.4 Å². The lowest BCUT2D eigenvalue weighted by Crippen LogP contribution is -2.12. The van der Waals surface area contributed by atoms with Crippen LogP contribution in [-0.2, 0) is 6.54 Å². The molecule has 0 aliphatic rings. The molecule has 2 aromatic rings. The molecule has 0 spiro atoms. The standard InChI is InChI=1S/C12H15N3O/c1-3-13-6-10-7-14-12(15-8-10)11-4-5-16-9(11)2/h4-5,7-8,13H,3,6H2,1-2H3. The monoisotopic (exact) mass is 217 g/mol. The number of furan rings is 1. The third kappa shape index (κ3) is 2.28. The molecule has 2 aromatic heterocycles. The van der Waals surface area contributed by atoms with Crippen molar-refractivity contribution in [3.05, 3.63) is 36.0 Å². The Morgan fingerprint density at radius 3 is 2.62 bits per heavy atom. The van der Waals surface area contributed by atoms with Crippen molar-refractivity contribution in [2.45, 2.75) is 20.4 Å². The van der Waals surface area contributed by atoms with Crippen LogP contribution in [0.3, 0.4) is 0 Å². The second kappa shape index (κ2) is 4.90. The van der Waals surface area contributed by atoms with Crippen molar-refractivity contribution in [1.29, 1.82) is 0 Å². The molecule has 84 valence electrons. The molecular formula is C12H15N3O. The molecular weight excluding hydrogens is 202 g/mol. The van der Waals surface area contributed by atoms with E-state index in [1.54, 1.807) is 6.26 Å². The van der Waals surface area contributed by atoms with Crippen molar-refractivity contribution in [3.8, 4) is 11.4 Å². The third-order valence-electron chi connectivity index (χ3n) is 2.38. The molecule has 0 fully saturated rings. The van der Waals surface area contributed by atoms with Gasteiger partial charge in [0.2, 0.25) is 0 Å². The summed E-state index contributed by atoms with van der Waals surface area (Å²) in [5.74, 6) is 1.56. The van der Waals surface area contributed by atoms with Gasteiger partial charge in [-0.25, -0.2) is 9.97 Å². The molecule has 2 heterocycles. The van der Waals surface area contributed by atoms with Crippen LogP contribution in [0, 0.1) is 6.92 Å². The van der Waals surface area contributed by atoms with Crippen LogP contribution in [0.1, 0.15) is 18.2 Å². The first-order chi connectivity index (χ1) is 7.81. The van der Waals surface area contributed by atoms with Crippen molar-refractivity contribution >= 4 is 0 Å². The minimum absolute atomic E-state index is 0.714. The second-order valence-electron chi connectivity index (χ2n) is 3.59. The normalized spacial score (nSPS) is 10.6. The highest BCUT2D eigenvalue weighted by Gasteiger charge is 2.06. The molecule has 0 aliphatic carbocycles. The highest BCUT2D eigenvalue weighted by atomic mass is 16.3. The Balaban J connectivity index is 2.16. The van der Waals surface area contributed by atoms with E-state index in [-0.39, 0.29) is 0 Å². The van der Waals surface area contributed by atoms with Gasteiger partial charge in [0, 0.05) is 24.5 Å². The van der Waals surface area contributed by atoms with Crippen molar-refractivity contribution < 1.29 is 4.42 Å². The van der Waals surface area contributed by atoms with Gasteiger partial charge in [0.05, 0.1) is 11.8 Å². The van der Waals surface area contributed by atoms with Gasteiger partial charge in [-0.1, -0.05) is 6.92 Å². The van der Waals surface area contributed by atoms with Gasteiger partial charge in [0.25, 0.3) is 0 Å². The number of rotatable bonds is 4. The quantitative estimate of drug-likeness (QED) is 0.852. The Bertz CT molecular complexity index is 448. The molecule has 1 N–H and O–H groups in total. The molecule has 0 unspecified atom stereocenters. The second-order valence-corrected chi connectivity index (χ2v) is 3.59. The number of aryl methyl sites for hydroxylation is 1. The first kappa shape index (κ1) is 10.8. The summed E-state index contributed by atoms with van der Waals surface area (Å²) in [7, 11) is 0. The fraction of sp³-hybridized carbons (Fsp3) is 0.333. The van der Waals surface area contributed by atoms with Crippen LogP contribution in [0.25, 0.3) is 11.4 Å². The Kier molecular flexibility index (Phi) is 3.31. The van der Waals surface area contributed by atoms with Gasteiger partial charge in [0.1, 0.15) is 5.76 Å². The molecule has 0 atom stereocenters. The van der Waals surface area contributed by atoms with Gasteiger partial charge in [-0.2, -0.15) is 0 Å². The zero-order chi connectivity index (χ0) is 11.4. The van der Waals surface area contributed by atoms with Crippen LogP contribution >= 0.6 is 0 Å². The number of hydrogen-bond donors (Lipinski definition) is 1. The summed E-state index contributed by atoms with van der Waals surface area (Å²) in [5.41, 5.74) is 2.04. The molecule has 0 aliphatic heterocycles. The van der Waals surface area contributed by atoms with Crippen LogP contribution < -0.4 is 5.32 Å². The van der Waals surface area contributed by atoms with Crippen molar-refractivity contribution in [3.63, 3.8) is 0 Å². The maximum atomic E-state index is 5.22. The van der Waals surface area contributed by atoms with Crippen LogP contribution in [0.15, 0.2) is 29.1 Å². The number of aromatic nitrogens is 2. The predicted molar refractivity (Wildman–Crippen MR) is 61.9 cm³/mol. The molecule has 0 radical (unpaired) electrons. The molecule has 0 saturated heterocycles. The minimum Gasteiger partial charge on any atom is -0.469 e. The van der Waals surface area contributed by atoms with Crippen LogP contribution in [0.2, 0.25) is 0 Å². The van der Waals surface area contributed by atoms with Gasteiger partial charge in [-0.3, -0.25) is 0 Å². The fourth-order valence-electron chi connectivity index (χ4n) is 1.47. The van der Waals surface area contributed by atoms with E-state index in [9.17, 15) is 0 Å². The van der Waals surface area contributed by atoms with Crippen LogP contribution in [0.4, 0.5) is 0 Å². The van der Waals surface area contributed by atoms with E-state index in [4.69, 9.17) is 4.42 Å². The van der Waals surface area contributed by atoms with Crippen LogP contribution in [0.5, 0.6) is 0 Å². The van der Waals surface area contributed by atoms with E-state index in [1.165, 1.54) is 0 Å². The lowest BCUT2D eigenvalue weighted by atomic mass is 10.2. The van der Waals surface area contributed by atoms with E-state index < -0.39 is 0 Å². The molecule has 0 saturated carbocycles. The Morgan fingerprint density at radius 1 is 1.31 bits per heavy atom. The smallest absolute Gasteiger partial charge is 0.162 e. The summed E-state index contributed by atoms with van der Waals surface area (Å²) >= 11 is 0. The molecule has 4 nitrogen and oxygen atoms in total. The zero-order valence-electron chi connectivity index (χ0n) is 9.53. The van der Waals surface area contributed by atoms with Crippen molar-refractivity contribution in [2.75, 3.05) is 6.54 Å². The number of nitrogens with one attached hydrogen (secondary N) is 1. The average molecular weight is 217 g/mol. The minimum atomic E-state index is 0.714. The topological polar surface area (TPSA) is 51.0 Å². The molecule has 0 aromatic carbocycles.